The van der Waals surface area contributed by atoms with Gasteiger partial charge in [0.25, 0.3) is 5.56 Å². The molecule has 0 amide bonds. The molecule has 208 valence electrons. The van der Waals surface area contributed by atoms with Gasteiger partial charge in [0.2, 0.25) is 0 Å². The SMILES string of the molecule is Cc1ccc2[nH]c(=O)c(C(c3nnnn3C(C)(C)C)N(Cc3ccc(C(C)(C)C)cc3)Cc3ccco3)cc2c1. The van der Waals surface area contributed by atoms with Crippen LogP contribution in [0.2, 0.25) is 0 Å². The van der Waals surface area contributed by atoms with Crippen LogP contribution >= 0.6 is 0 Å². The lowest BCUT2D eigenvalue weighted by molar-refractivity contribution is 0.171. The van der Waals surface area contributed by atoms with Crippen molar-refractivity contribution in [2.45, 2.75) is 78.6 Å². The van der Waals surface area contributed by atoms with E-state index in [9.17, 15) is 4.79 Å². The maximum atomic E-state index is 13.7. The molecular formula is C32H38N6O2. The lowest BCUT2D eigenvalue weighted by Gasteiger charge is -2.32. The molecule has 1 N–H and O–H groups in total. The van der Waals surface area contributed by atoms with Gasteiger partial charge in [-0.15, -0.1) is 5.10 Å². The average Bonchev–Trinajstić information content (AvgIpc) is 3.57. The number of hydrogen-bond donors (Lipinski definition) is 1. The van der Waals surface area contributed by atoms with E-state index in [1.807, 2.05) is 41.9 Å². The van der Waals surface area contributed by atoms with Crippen molar-refractivity contribution in [3.63, 3.8) is 0 Å². The Morgan fingerprint density at radius 2 is 1.73 bits per heavy atom. The Bertz CT molecular complexity index is 1650. The molecule has 40 heavy (non-hydrogen) atoms. The fraction of sp³-hybridized carbons (Fsp3) is 0.375. The van der Waals surface area contributed by atoms with Crippen molar-refractivity contribution in [3.8, 4) is 0 Å². The molecule has 3 aromatic heterocycles. The zero-order valence-electron chi connectivity index (χ0n) is 24.4. The fourth-order valence-electron chi connectivity index (χ4n) is 5.07. The van der Waals surface area contributed by atoms with Gasteiger partial charge in [-0.1, -0.05) is 56.7 Å². The van der Waals surface area contributed by atoms with E-state index in [1.54, 1.807) is 6.26 Å². The summed E-state index contributed by atoms with van der Waals surface area (Å²) in [7, 11) is 0. The first-order valence-corrected chi connectivity index (χ1v) is 13.7. The molecule has 1 atom stereocenters. The predicted octanol–water partition coefficient (Wildman–Crippen LogP) is 6.26. The van der Waals surface area contributed by atoms with Crippen LogP contribution in [0.4, 0.5) is 0 Å². The molecule has 0 radical (unpaired) electrons. The molecule has 8 heteroatoms. The highest BCUT2D eigenvalue weighted by Crippen LogP contribution is 2.32. The van der Waals surface area contributed by atoms with E-state index in [1.165, 1.54) is 5.56 Å². The van der Waals surface area contributed by atoms with Crippen LogP contribution in [0.5, 0.6) is 0 Å². The van der Waals surface area contributed by atoms with E-state index in [0.29, 0.717) is 24.5 Å². The molecule has 0 spiro atoms. The normalized spacial score (nSPS) is 13.3. The summed E-state index contributed by atoms with van der Waals surface area (Å²) in [6.45, 7) is 15.9. The Hall–Kier alpha value is -4.04. The van der Waals surface area contributed by atoms with E-state index in [0.717, 1.165) is 27.8 Å². The van der Waals surface area contributed by atoms with Gasteiger partial charge in [0.1, 0.15) is 11.8 Å². The number of tetrazole rings is 1. The number of H-pyrrole nitrogens is 1. The van der Waals surface area contributed by atoms with Crippen LogP contribution < -0.4 is 5.56 Å². The van der Waals surface area contributed by atoms with Gasteiger partial charge in [0.15, 0.2) is 5.82 Å². The minimum atomic E-state index is -0.546. The smallest absolute Gasteiger partial charge is 0.253 e. The number of aromatic nitrogens is 5. The minimum Gasteiger partial charge on any atom is -0.468 e. The van der Waals surface area contributed by atoms with Crippen LogP contribution in [-0.4, -0.2) is 30.1 Å². The van der Waals surface area contributed by atoms with E-state index in [-0.39, 0.29) is 11.0 Å². The Morgan fingerprint density at radius 1 is 0.975 bits per heavy atom. The maximum Gasteiger partial charge on any atom is 0.253 e. The van der Waals surface area contributed by atoms with E-state index in [2.05, 4.69) is 97.3 Å². The molecule has 2 aromatic carbocycles. The molecule has 0 saturated carbocycles. The standard InChI is InChI=1S/C32H38N6O2/c1-21-10-15-27-23(17-21)18-26(30(39)33-27)28(29-34-35-36-38(29)32(5,6)7)37(20-25-9-8-16-40-25)19-22-11-13-24(14-12-22)31(2,3)4/h8-18,28H,19-20H2,1-7H3,(H,33,39). The molecule has 0 fully saturated rings. The second kappa shape index (κ2) is 10.5. The summed E-state index contributed by atoms with van der Waals surface area (Å²) in [6, 6.07) is 20.0. The highest BCUT2D eigenvalue weighted by molar-refractivity contribution is 5.79. The number of aryl methyl sites for hydroxylation is 1. The Morgan fingerprint density at radius 3 is 2.38 bits per heavy atom. The van der Waals surface area contributed by atoms with Crippen LogP contribution in [0.1, 0.15) is 81.4 Å². The molecule has 0 aliphatic rings. The highest BCUT2D eigenvalue weighted by atomic mass is 16.3. The summed E-state index contributed by atoms with van der Waals surface area (Å²) in [5.74, 6) is 1.39. The van der Waals surface area contributed by atoms with Crippen LogP contribution in [0.3, 0.4) is 0 Å². The first kappa shape index (κ1) is 27.5. The highest BCUT2D eigenvalue weighted by Gasteiger charge is 2.34. The summed E-state index contributed by atoms with van der Waals surface area (Å²) in [5.41, 5.74) is 4.36. The van der Waals surface area contributed by atoms with Crippen molar-refractivity contribution < 1.29 is 4.42 Å². The van der Waals surface area contributed by atoms with Gasteiger partial charge < -0.3 is 9.40 Å². The lowest BCUT2D eigenvalue weighted by Crippen LogP contribution is -2.37. The third-order valence-corrected chi connectivity index (χ3v) is 7.21. The van der Waals surface area contributed by atoms with Gasteiger partial charge in [-0.05, 0) is 90.4 Å². The van der Waals surface area contributed by atoms with Crippen LogP contribution in [0, 0.1) is 6.92 Å². The number of benzene rings is 2. The fourth-order valence-corrected chi connectivity index (χ4v) is 5.07. The summed E-state index contributed by atoms with van der Waals surface area (Å²) in [6.07, 6.45) is 1.67. The van der Waals surface area contributed by atoms with Crippen molar-refractivity contribution in [2.24, 2.45) is 0 Å². The van der Waals surface area contributed by atoms with Crippen molar-refractivity contribution in [1.29, 1.82) is 0 Å². The molecule has 5 aromatic rings. The van der Waals surface area contributed by atoms with Gasteiger partial charge >= 0.3 is 0 Å². The number of nitrogens with one attached hydrogen (secondary N) is 1. The van der Waals surface area contributed by atoms with Crippen molar-refractivity contribution in [3.05, 3.63) is 111 Å². The molecule has 0 bridgehead atoms. The quantitative estimate of drug-likeness (QED) is 0.263. The van der Waals surface area contributed by atoms with Crippen LogP contribution in [-0.2, 0) is 24.0 Å². The zero-order valence-corrected chi connectivity index (χ0v) is 24.4. The first-order valence-electron chi connectivity index (χ1n) is 13.7. The molecule has 0 saturated heterocycles. The molecule has 0 aliphatic carbocycles. The van der Waals surface area contributed by atoms with E-state index < -0.39 is 11.6 Å². The van der Waals surface area contributed by atoms with Gasteiger partial charge in [0.05, 0.1) is 18.3 Å². The Balaban J connectivity index is 1.69. The topological polar surface area (TPSA) is 92.8 Å². The molecule has 1 unspecified atom stereocenters. The molecule has 0 aliphatic heterocycles. The zero-order chi connectivity index (χ0) is 28.7. The van der Waals surface area contributed by atoms with Crippen molar-refractivity contribution >= 4 is 10.9 Å². The van der Waals surface area contributed by atoms with Crippen molar-refractivity contribution in [1.82, 2.24) is 30.1 Å². The third kappa shape index (κ3) is 5.77. The van der Waals surface area contributed by atoms with Crippen molar-refractivity contribution in [2.75, 3.05) is 0 Å². The predicted molar refractivity (Wildman–Crippen MR) is 157 cm³/mol. The number of rotatable bonds is 7. The largest absolute Gasteiger partial charge is 0.468 e. The first-order chi connectivity index (χ1) is 18.9. The summed E-state index contributed by atoms with van der Waals surface area (Å²) >= 11 is 0. The van der Waals surface area contributed by atoms with E-state index in [4.69, 9.17) is 4.42 Å². The number of nitrogens with zero attached hydrogens (tertiary/aromatic N) is 5. The number of pyridine rings is 1. The van der Waals surface area contributed by atoms with Gasteiger partial charge in [-0.25, -0.2) is 4.68 Å². The number of hydrogen-bond acceptors (Lipinski definition) is 6. The minimum absolute atomic E-state index is 0.0558. The second-order valence-corrected chi connectivity index (χ2v) is 12.6. The van der Waals surface area contributed by atoms with Gasteiger partial charge in [-0.3, -0.25) is 9.69 Å². The maximum absolute atomic E-state index is 13.7. The summed E-state index contributed by atoms with van der Waals surface area (Å²) < 4.78 is 7.61. The lowest BCUT2D eigenvalue weighted by atomic mass is 9.86. The Labute approximate surface area is 235 Å². The molecule has 5 rings (SSSR count). The summed E-state index contributed by atoms with van der Waals surface area (Å²) in [5, 5.41) is 13.9. The van der Waals surface area contributed by atoms with Crippen LogP contribution in [0.15, 0.2) is 76.1 Å². The van der Waals surface area contributed by atoms with E-state index >= 15 is 0 Å². The molecule has 8 nitrogen and oxygen atoms in total. The van der Waals surface area contributed by atoms with Gasteiger partial charge in [-0.2, -0.15) is 0 Å². The molecular weight excluding hydrogens is 500 g/mol. The third-order valence-electron chi connectivity index (χ3n) is 7.21. The number of aromatic amines is 1. The average molecular weight is 539 g/mol. The molecule has 3 heterocycles. The number of furan rings is 1. The summed E-state index contributed by atoms with van der Waals surface area (Å²) in [4.78, 5) is 19.1. The Kier molecular flexibility index (Phi) is 7.23. The second-order valence-electron chi connectivity index (χ2n) is 12.6. The number of fused-ring (bicyclic) bond motifs is 1. The monoisotopic (exact) mass is 538 g/mol. The van der Waals surface area contributed by atoms with Gasteiger partial charge in [0, 0.05) is 17.6 Å². The van der Waals surface area contributed by atoms with Crippen LogP contribution in [0.25, 0.3) is 10.9 Å².